The highest BCUT2D eigenvalue weighted by atomic mass is 35.5. The maximum absolute atomic E-state index is 12.4. The van der Waals surface area contributed by atoms with Crippen LogP contribution in [0.25, 0.3) is 11.2 Å². The number of benzene rings is 3. The highest BCUT2D eigenvalue weighted by molar-refractivity contribution is 6.77. The molecule has 4 atom stereocenters. The third-order valence-corrected chi connectivity index (χ3v) is 17.8. The van der Waals surface area contributed by atoms with Gasteiger partial charge in [0.2, 0.25) is 8.32 Å². The average Bonchev–Trinajstić information content (AvgIpc) is 3.81. The Kier molecular flexibility index (Phi) is 14.1. The predicted molar refractivity (Wildman–Crippen MR) is 228 cm³/mol. The molecule has 316 valence electrons. The second-order valence-electron chi connectivity index (χ2n) is 15.7. The lowest BCUT2D eigenvalue weighted by atomic mass is 9.80. The minimum Gasteiger partial charge on any atom is -0.497 e. The number of fused-ring (bicyclic) bond motifs is 1. The molecule has 1 aliphatic heterocycles. The number of aryl methyl sites for hydroxylation is 1. The number of aliphatic hydroxyl groups excluding tert-OH is 1. The van der Waals surface area contributed by atoms with Gasteiger partial charge in [-0.25, -0.2) is 9.97 Å². The normalized spacial score (nSPS) is 19.1. The van der Waals surface area contributed by atoms with E-state index in [4.69, 9.17) is 39.7 Å². The second kappa shape index (κ2) is 18.9. The first-order valence-electron chi connectivity index (χ1n) is 19.9. The lowest BCUT2D eigenvalue weighted by Gasteiger charge is -2.42. The van der Waals surface area contributed by atoms with Crippen LogP contribution in [0.15, 0.2) is 96.5 Å². The van der Waals surface area contributed by atoms with E-state index in [9.17, 15) is 9.90 Å². The minimum absolute atomic E-state index is 0.0542. The lowest BCUT2D eigenvalue weighted by Crippen LogP contribution is -2.49. The number of hydrogen-bond acceptors (Lipinski definition) is 10. The molecular formula is C44H56ClN5O8Si. The maximum atomic E-state index is 12.4. The number of hydrogen-bond donors (Lipinski definition) is 1. The van der Waals surface area contributed by atoms with Gasteiger partial charge in [0, 0.05) is 7.05 Å². The molecule has 1 N–H and O–H groups in total. The Bertz CT molecular complexity index is 2160. The van der Waals surface area contributed by atoms with Gasteiger partial charge >= 0.3 is 0 Å². The van der Waals surface area contributed by atoms with Crippen molar-refractivity contribution in [2.45, 2.75) is 88.3 Å². The van der Waals surface area contributed by atoms with Gasteiger partial charge in [-0.3, -0.25) is 9.36 Å². The van der Waals surface area contributed by atoms with E-state index in [-0.39, 0.29) is 24.8 Å². The van der Waals surface area contributed by atoms with Gasteiger partial charge in [-0.15, -0.1) is 11.6 Å². The molecule has 3 aromatic carbocycles. The quantitative estimate of drug-likeness (QED) is 0.0441. The van der Waals surface area contributed by atoms with Crippen molar-refractivity contribution in [2.75, 3.05) is 33.5 Å². The smallest absolute Gasteiger partial charge is 0.262 e. The fourth-order valence-corrected chi connectivity index (χ4v) is 14.1. The highest BCUT2D eigenvalue weighted by Gasteiger charge is 2.50. The predicted octanol–water partition coefficient (Wildman–Crippen LogP) is 7.25. The van der Waals surface area contributed by atoms with Gasteiger partial charge in [0.15, 0.2) is 22.9 Å². The minimum atomic E-state index is -2.35. The number of aromatic nitrogens is 4. The number of amides is 1. The van der Waals surface area contributed by atoms with Crippen molar-refractivity contribution in [3.63, 3.8) is 0 Å². The van der Waals surface area contributed by atoms with Crippen molar-refractivity contribution in [3.05, 3.63) is 114 Å². The zero-order valence-corrected chi connectivity index (χ0v) is 37.0. The number of aliphatic hydroxyl groups is 1. The molecule has 1 amide bonds. The van der Waals surface area contributed by atoms with Gasteiger partial charge in [0.25, 0.3) is 5.91 Å². The summed E-state index contributed by atoms with van der Waals surface area (Å²) in [6, 6.07) is 25.4. The summed E-state index contributed by atoms with van der Waals surface area (Å²) in [7, 11) is 2.63. The molecule has 0 aliphatic carbocycles. The summed E-state index contributed by atoms with van der Waals surface area (Å²) in [6.07, 6.45) is -0.851. The van der Waals surface area contributed by atoms with Gasteiger partial charge in [-0.1, -0.05) is 96.1 Å². The molecule has 13 nitrogen and oxygen atoms in total. The van der Waals surface area contributed by atoms with Crippen molar-refractivity contribution < 1.29 is 38.0 Å². The maximum Gasteiger partial charge on any atom is 0.262 e. The molecule has 15 heteroatoms. The van der Waals surface area contributed by atoms with Crippen LogP contribution in [0.1, 0.15) is 64.5 Å². The van der Waals surface area contributed by atoms with E-state index in [0.717, 1.165) is 16.7 Å². The first kappa shape index (κ1) is 44.1. The fourth-order valence-electron chi connectivity index (χ4n) is 8.73. The molecule has 0 saturated carbocycles. The molecule has 0 bridgehead atoms. The molecule has 0 unspecified atom stereocenters. The van der Waals surface area contributed by atoms with Gasteiger partial charge in [-0.2, -0.15) is 4.99 Å². The van der Waals surface area contributed by atoms with E-state index in [2.05, 4.69) is 56.5 Å². The van der Waals surface area contributed by atoms with Crippen LogP contribution in [0.2, 0.25) is 16.6 Å². The largest absolute Gasteiger partial charge is 0.497 e. The van der Waals surface area contributed by atoms with E-state index in [1.807, 2.05) is 78.9 Å². The summed E-state index contributed by atoms with van der Waals surface area (Å²) < 4.78 is 41.7. The van der Waals surface area contributed by atoms with Crippen LogP contribution in [0, 0.1) is 0 Å². The van der Waals surface area contributed by atoms with Crippen LogP contribution >= 0.6 is 11.6 Å². The first-order valence-corrected chi connectivity index (χ1v) is 22.6. The topological polar surface area (TPSA) is 141 Å². The molecule has 3 heterocycles. The Morgan fingerprint density at radius 2 is 1.42 bits per heavy atom. The summed E-state index contributed by atoms with van der Waals surface area (Å²) in [6.45, 7) is 13.1. The third-order valence-electron chi connectivity index (χ3n) is 11.5. The van der Waals surface area contributed by atoms with E-state index < -0.39 is 44.4 Å². The summed E-state index contributed by atoms with van der Waals surface area (Å²) in [5, 5.41) is 12.3. The van der Waals surface area contributed by atoms with Crippen molar-refractivity contribution in [1.29, 1.82) is 0 Å². The standard InChI is InChI=1S/C44H56ClN5O8Si/c1-28(2)59(29(3)4,30(5)6)57-27-55-40-39(52)36(58-43(40)50-26-46-38-41(50)47-25-49(7)42(38)48-37(51)23-45)24-56-44(31-13-11-10-12-14-31,32-15-19-34(53-8)20-16-32)33-17-21-35(54-9)22-18-33/h10-22,25-26,28-30,36,39-40,43,52H,23-24,27H2,1-9H3/t36-,39-,40-,43-/m1/s1. The number of halogens is 1. The van der Waals surface area contributed by atoms with E-state index >= 15 is 0 Å². The lowest BCUT2D eigenvalue weighted by molar-refractivity contribution is -0.115. The molecule has 6 rings (SSSR count). The Hall–Kier alpha value is -4.41. The summed E-state index contributed by atoms with van der Waals surface area (Å²) in [5.41, 5.74) is 3.32. The van der Waals surface area contributed by atoms with Crippen molar-refractivity contribution in [2.24, 2.45) is 12.0 Å². The monoisotopic (exact) mass is 845 g/mol. The number of nitrogens with zero attached hydrogens (tertiary/aromatic N) is 5. The van der Waals surface area contributed by atoms with Gasteiger partial charge in [-0.05, 0) is 57.6 Å². The molecule has 1 fully saturated rings. The molecule has 5 aromatic rings. The zero-order valence-electron chi connectivity index (χ0n) is 35.2. The highest BCUT2D eigenvalue weighted by Crippen LogP contribution is 2.45. The molecule has 1 saturated heterocycles. The number of methoxy groups -OCH3 is 2. The van der Waals surface area contributed by atoms with E-state index in [1.165, 1.54) is 6.33 Å². The Morgan fingerprint density at radius 3 is 1.95 bits per heavy atom. The Balaban J connectivity index is 1.43. The second-order valence-corrected chi connectivity index (χ2v) is 21.5. The van der Waals surface area contributed by atoms with Crippen molar-refractivity contribution >= 4 is 37.0 Å². The van der Waals surface area contributed by atoms with Crippen LogP contribution in [-0.2, 0) is 36.1 Å². The number of ether oxygens (including phenoxy) is 5. The summed E-state index contributed by atoms with van der Waals surface area (Å²) in [4.78, 5) is 25.8. The zero-order chi connectivity index (χ0) is 42.5. The Morgan fingerprint density at radius 1 is 0.864 bits per heavy atom. The van der Waals surface area contributed by atoms with Gasteiger partial charge in [0.1, 0.15) is 48.1 Å². The molecule has 0 spiro atoms. The van der Waals surface area contributed by atoms with E-state index in [1.54, 1.807) is 36.7 Å². The molecule has 59 heavy (non-hydrogen) atoms. The van der Waals surface area contributed by atoms with Crippen molar-refractivity contribution in [3.8, 4) is 11.5 Å². The van der Waals surface area contributed by atoms with Gasteiger partial charge in [0.05, 0.1) is 33.5 Å². The summed E-state index contributed by atoms with van der Waals surface area (Å²) in [5.74, 6) is 0.589. The SMILES string of the molecule is COc1ccc(C(OC[C@H]2O[C@@H](n3cnc4c(=NC(=O)CCl)n(C)cnc43)[C@H](OCO[Si](C(C)C)(C(C)C)C(C)C)[C@@H]2O)(c2ccccc2)c2ccc(OC)cc2)cc1. The van der Waals surface area contributed by atoms with Crippen LogP contribution in [0.3, 0.4) is 0 Å². The van der Waals surface area contributed by atoms with Crippen LogP contribution in [0.5, 0.6) is 11.5 Å². The average molecular weight is 846 g/mol. The Labute approximate surface area is 352 Å². The number of imidazole rings is 1. The number of carbonyl (C=O) groups excluding carboxylic acids is 1. The van der Waals surface area contributed by atoms with Gasteiger partial charge < -0.3 is 37.8 Å². The molecule has 1 aliphatic rings. The first-order chi connectivity index (χ1) is 28.3. The van der Waals surface area contributed by atoms with E-state index in [0.29, 0.717) is 39.3 Å². The van der Waals surface area contributed by atoms with Crippen LogP contribution in [0.4, 0.5) is 0 Å². The van der Waals surface area contributed by atoms with Crippen LogP contribution in [-0.4, -0.2) is 90.2 Å². The van der Waals surface area contributed by atoms with Crippen LogP contribution < -0.4 is 15.0 Å². The molecule has 0 radical (unpaired) electrons. The third kappa shape index (κ3) is 8.62. The fraction of sp³-hybridized carbons (Fsp3) is 0.455. The number of rotatable bonds is 17. The number of alkyl halides is 1. The van der Waals surface area contributed by atoms with Crippen molar-refractivity contribution in [1.82, 2.24) is 19.1 Å². The molecular weight excluding hydrogens is 790 g/mol. The number of carbonyl (C=O) groups is 1. The summed E-state index contributed by atoms with van der Waals surface area (Å²) >= 11 is 5.82. The molecule has 2 aromatic heterocycles.